The Morgan fingerprint density at radius 3 is 2.35 bits per heavy atom. The van der Waals surface area contributed by atoms with Crippen LogP contribution in [-0.4, -0.2) is 42.9 Å². The molecule has 23 heavy (non-hydrogen) atoms. The van der Waals surface area contributed by atoms with Crippen molar-refractivity contribution < 1.29 is 36.3 Å². The fourth-order valence-electron chi connectivity index (χ4n) is 1.64. The summed E-state index contributed by atoms with van der Waals surface area (Å²) in [6.45, 7) is 1.38. The number of carboxylic acids is 1. The van der Waals surface area contributed by atoms with Gasteiger partial charge in [-0.1, -0.05) is 6.92 Å². The average Bonchev–Trinajstić information content (AvgIpc) is 2.48. The smallest absolute Gasteiger partial charge is 0.326 e. The number of amides is 1. The summed E-state index contributed by atoms with van der Waals surface area (Å²) in [7, 11) is -3.47. The number of aliphatic carboxylic acids is 1. The first-order chi connectivity index (χ1) is 10.6. The van der Waals surface area contributed by atoms with Gasteiger partial charge in [-0.25, -0.2) is 26.4 Å². The highest BCUT2D eigenvalue weighted by molar-refractivity contribution is 7.91. The number of hydrogen-bond acceptors (Lipinski definition) is 4. The Morgan fingerprint density at radius 2 is 1.83 bits per heavy atom. The number of rotatable bonds is 7. The number of halogens is 3. The van der Waals surface area contributed by atoms with E-state index in [1.165, 1.54) is 6.92 Å². The zero-order valence-corrected chi connectivity index (χ0v) is 12.8. The third-order valence-electron chi connectivity index (χ3n) is 3.04. The third kappa shape index (κ3) is 4.95. The van der Waals surface area contributed by atoms with E-state index in [-0.39, 0.29) is 5.75 Å². The van der Waals surface area contributed by atoms with Gasteiger partial charge >= 0.3 is 5.97 Å². The minimum absolute atomic E-state index is 0.203. The lowest BCUT2D eigenvalue weighted by molar-refractivity contribution is -0.139. The van der Waals surface area contributed by atoms with E-state index >= 15 is 0 Å². The maximum Gasteiger partial charge on any atom is 0.326 e. The van der Waals surface area contributed by atoms with Crippen molar-refractivity contribution >= 4 is 21.7 Å². The summed E-state index contributed by atoms with van der Waals surface area (Å²) < 4.78 is 62.1. The topological polar surface area (TPSA) is 101 Å². The molecule has 0 bridgehead atoms. The molecule has 0 heterocycles. The van der Waals surface area contributed by atoms with Crippen LogP contribution < -0.4 is 5.32 Å². The zero-order chi connectivity index (χ0) is 17.8. The Labute approximate surface area is 130 Å². The molecule has 1 aromatic carbocycles. The van der Waals surface area contributed by atoms with Crippen molar-refractivity contribution in [2.75, 3.05) is 11.5 Å². The van der Waals surface area contributed by atoms with Crippen molar-refractivity contribution in [3.8, 4) is 0 Å². The third-order valence-corrected chi connectivity index (χ3v) is 4.78. The Morgan fingerprint density at radius 1 is 1.22 bits per heavy atom. The molecular formula is C13H14F3NO5S. The molecule has 0 fully saturated rings. The Bertz CT molecular complexity index is 721. The van der Waals surface area contributed by atoms with E-state index in [2.05, 4.69) is 0 Å². The van der Waals surface area contributed by atoms with Crippen LogP contribution in [0.3, 0.4) is 0 Å². The Kier molecular flexibility index (Phi) is 6.13. The highest BCUT2D eigenvalue weighted by atomic mass is 32.2. The molecule has 1 atom stereocenters. The predicted octanol–water partition coefficient (Wildman–Crippen LogP) is 1.11. The van der Waals surface area contributed by atoms with Crippen LogP contribution in [0, 0.1) is 17.5 Å². The largest absolute Gasteiger partial charge is 0.480 e. The van der Waals surface area contributed by atoms with Gasteiger partial charge in [0.1, 0.15) is 15.9 Å². The van der Waals surface area contributed by atoms with Gasteiger partial charge in [0.05, 0.1) is 11.3 Å². The van der Waals surface area contributed by atoms with Crippen molar-refractivity contribution in [2.24, 2.45) is 0 Å². The second-order valence-electron chi connectivity index (χ2n) is 4.61. The molecule has 0 aliphatic rings. The van der Waals surface area contributed by atoms with Gasteiger partial charge in [0.2, 0.25) is 0 Å². The molecule has 0 saturated heterocycles. The second kappa shape index (κ2) is 7.44. The molecule has 128 valence electrons. The van der Waals surface area contributed by atoms with E-state index < -0.39 is 62.9 Å². The van der Waals surface area contributed by atoms with Gasteiger partial charge in [-0.05, 0) is 18.6 Å². The lowest BCUT2D eigenvalue weighted by atomic mass is 10.1. The summed E-state index contributed by atoms with van der Waals surface area (Å²) in [5.41, 5.74) is -0.881. The summed E-state index contributed by atoms with van der Waals surface area (Å²) >= 11 is 0. The normalized spacial score (nSPS) is 12.7. The Balaban J connectivity index is 2.91. The minimum atomic E-state index is -3.47. The molecule has 0 aromatic heterocycles. The van der Waals surface area contributed by atoms with Crippen LogP contribution in [0.1, 0.15) is 23.7 Å². The fourth-order valence-corrected chi connectivity index (χ4v) is 2.52. The SMILES string of the molecule is CCS(=O)(=O)CCC(NC(=O)c1ccc(F)c(F)c1F)C(=O)O. The molecule has 0 radical (unpaired) electrons. The van der Waals surface area contributed by atoms with Crippen LogP contribution in [0.5, 0.6) is 0 Å². The summed E-state index contributed by atoms with van der Waals surface area (Å²) in [5, 5.41) is 10.9. The van der Waals surface area contributed by atoms with Gasteiger partial charge < -0.3 is 10.4 Å². The number of nitrogens with one attached hydrogen (secondary N) is 1. The molecular weight excluding hydrogens is 339 g/mol. The van der Waals surface area contributed by atoms with Gasteiger partial charge in [-0.2, -0.15) is 0 Å². The van der Waals surface area contributed by atoms with Crippen LogP contribution in [0.4, 0.5) is 13.2 Å². The van der Waals surface area contributed by atoms with Crippen molar-refractivity contribution in [1.82, 2.24) is 5.32 Å². The van der Waals surface area contributed by atoms with Gasteiger partial charge in [0.15, 0.2) is 17.5 Å². The van der Waals surface area contributed by atoms with Gasteiger partial charge in [0, 0.05) is 5.75 Å². The van der Waals surface area contributed by atoms with E-state index in [1.807, 2.05) is 5.32 Å². The lowest BCUT2D eigenvalue weighted by Gasteiger charge is -2.15. The van der Waals surface area contributed by atoms with Crippen molar-refractivity contribution in [3.05, 3.63) is 35.1 Å². The predicted molar refractivity (Wildman–Crippen MR) is 74.2 cm³/mol. The van der Waals surface area contributed by atoms with Crippen LogP contribution in [0.25, 0.3) is 0 Å². The summed E-state index contributed by atoms with van der Waals surface area (Å²) in [4.78, 5) is 22.8. The number of carboxylic acid groups (broad SMARTS) is 1. The molecule has 1 aromatic rings. The summed E-state index contributed by atoms with van der Waals surface area (Å²) in [6.07, 6.45) is -0.442. The number of benzene rings is 1. The van der Waals surface area contributed by atoms with Gasteiger partial charge in [0.25, 0.3) is 5.91 Å². The number of carbonyl (C=O) groups excluding carboxylic acids is 1. The van der Waals surface area contributed by atoms with E-state index in [4.69, 9.17) is 5.11 Å². The highest BCUT2D eigenvalue weighted by Crippen LogP contribution is 2.15. The van der Waals surface area contributed by atoms with Crippen LogP contribution in [0.15, 0.2) is 12.1 Å². The molecule has 0 saturated carbocycles. The van der Waals surface area contributed by atoms with E-state index in [1.54, 1.807) is 0 Å². The molecule has 0 aliphatic carbocycles. The van der Waals surface area contributed by atoms with Crippen LogP contribution in [0.2, 0.25) is 0 Å². The second-order valence-corrected chi connectivity index (χ2v) is 7.08. The van der Waals surface area contributed by atoms with E-state index in [9.17, 15) is 31.2 Å². The van der Waals surface area contributed by atoms with Crippen molar-refractivity contribution in [3.63, 3.8) is 0 Å². The lowest BCUT2D eigenvalue weighted by Crippen LogP contribution is -2.42. The quantitative estimate of drug-likeness (QED) is 0.715. The highest BCUT2D eigenvalue weighted by Gasteiger charge is 2.25. The summed E-state index contributed by atoms with van der Waals surface area (Å²) in [5.74, 6) is -8.64. The van der Waals surface area contributed by atoms with Crippen LogP contribution >= 0.6 is 0 Å². The first-order valence-electron chi connectivity index (χ1n) is 6.46. The Hall–Kier alpha value is -2.10. The monoisotopic (exact) mass is 353 g/mol. The molecule has 0 aliphatic heterocycles. The number of hydrogen-bond donors (Lipinski definition) is 2. The van der Waals surface area contributed by atoms with E-state index in [0.717, 1.165) is 0 Å². The standard InChI is InChI=1S/C13H14F3NO5S/c1-2-23(21,22)6-5-9(13(19)20)17-12(18)7-3-4-8(14)11(16)10(7)15/h3-4,9H,2,5-6H2,1H3,(H,17,18)(H,19,20). The van der Waals surface area contributed by atoms with E-state index in [0.29, 0.717) is 12.1 Å². The minimum Gasteiger partial charge on any atom is -0.480 e. The number of sulfone groups is 1. The van der Waals surface area contributed by atoms with Crippen molar-refractivity contribution in [1.29, 1.82) is 0 Å². The molecule has 10 heteroatoms. The van der Waals surface area contributed by atoms with Crippen LogP contribution in [-0.2, 0) is 14.6 Å². The van der Waals surface area contributed by atoms with Gasteiger partial charge in [-0.15, -0.1) is 0 Å². The van der Waals surface area contributed by atoms with Gasteiger partial charge in [-0.3, -0.25) is 4.79 Å². The molecule has 0 spiro atoms. The molecule has 1 amide bonds. The first kappa shape index (κ1) is 18.9. The molecule has 6 nitrogen and oxygen atoms in total. The molecule has 1 unspecified atom stereocenters. The zero-order valence-electron chi connectivity index (χ0n) is 12.0. The molecule has 2 N–H and O–H groups in total. The summed E-state index contributed by atoms with van der Waals surface area (Å²) in [6, 6.07) is -0.438. The molecule has 1 rings (SSSR count). The maximum atomic E-state index is 13.5. The number of carbonyl (C=O) groups is 2. The average molecular weight is 353 g/mol. The fraction of sp³-hybridized carbons (Fsp3) is 0.385. The van der Waals surface area contributed by atoms with Crippen molar-refractivity contribution in [2.45, 2.75) is 19.4 Å². The first-order valence-corrected chi connectivity index (χ1v) is 8.28. The maximum absolute atomic E-state index is 13.5.